The fourth-order valence-corrected chi connectivity index (χ4v) is 2.02. The van der Waals surface area contributed by atoms with Crippen LogP contribution in [0.2, 0.25) is 0 Å². The summed E-state index contributed by atoms with van der Waals surface area (Å²) in [6.07, 6.45) is -3.45. The number of halogens is 3. The van der Waals surface area contributed by atoms with Gasteiger partial charge in [-0.25, -0.2) is 0 Å². The van der Waals surface area contributed by atoms with Crippen LogP contribution in [0.15, 0.2) is 53.0 Å². The second-order valence-electron chi connectivity index (χ2n) is 3.78. The molecule has 0 amide bonds. The summed E-state index contributed by atoms with van der Waals surface area (Å²) in [4.78, 5) is 0. The average Bonchev–Trinajstić information content (AvgIpc) is 2.39. The van der Waals surface area contributed by atoms with Crippen molar-refractivity contribution < 1.29 is 18.3 Å². The molecule has 0 radical (unpaired) electrons. The summed E-state index contributed by atoms with van der Waals surface area (Å²) in [6.45, 7) is 0. The maximum Gasteiger partial charge on any atom is 0.427 e. The largest absolute Gasteiger partial charge is 0.497 e. The Bertz CT molecular complexity index is 559. The summed E-state index contributed by atoms with van der Waals surface area (Å²) in [7, 11) is 1.42. The van der Waals surface area contributed by atoms with Gasteiger partial charge in [-0.05, 0) is 30.3 Å². The lowest BCUT2D eigenvalue weighted by molar-refractivity contribution is -0.186. The van der Waals surface area contributed by atoms with Crippen molar-refractivity contribution in [3.05, 3.63) is 58.6 Å². The summed E-state index contributed by atoms with van der Waals surface area (Å²) in [6, 6.07) is 12.3. The molecule has 2 aromatic carbocycles. The molecular weight excluding hydrogens is 318 g/mol. The monoisotopic (exact) mass is 328 g/mol. The number of hydrogen-bond donors (Lipinski definition) is 0. The minimum atomic E-state index is -3.45. The zero-order chi connectivity index (χ0) is 13.9. The number of rotatable bonds is 4. The van der Waals surface area contributed by atoms with Crippen molar-refractivity contribution in [2.24, 2.45) is 0 Å². The predicted octanol–water partition coefficient (Wildman–Crippen LogP) is 4.59. The normalized spacial score (nSPS) is 11.2. The summed E-state index contributed by atoms with van der Waals surface area (Å²) in [5.41, 5.74) is -0.282. The Morgan fingerprint density at radius 1 is 1.00 bits per heavy atom. The van der Waals surface area contributed by atoms with Gasteiger partial charge < -0.3 is 9.47 Å². The van der Waals surface area contributed by atoms with Gasteiger partial charge >= 0.3 is 6.11 Å². The fraction of sp³-hybridized carbons (Fsp3) is 0.143. The first-order valence-corrected chi connectivity index (χ1v) is 6.28. The lowest BCUT2D eigenvalue weighted by Crippen LogP contribution is -2.22. The molecule has 0 aliphatic carbocycles. The molecule has 2 nitrogen and oxygen atoms in total. The number of hydrogen-bond acceptors (Lipinski definition) is 2. The van der Waals surface area contributed by atoms with Crippen LogP contribution in [0, 0.1) is 0 Å². The zero-order valence-corrected chi connectivity index (χ0v) is 11.7. The second kappa shape index (κ2) is 5.57. The van der Waals surface area contributed by atoms with Crippen molar-refractivity contribution in [3.63, 3.8) is 0 Å². The first kappa shape index (κ1) is 13.8. The lowest BCUT2D eigenvalue weighted by Gasteiger charge is -2.20. The second-order valence-corrected chi connectivity index (χ2v) is 4.63. The molecule has 0 N–H and O–H groups in total. The van der Waals surface area contributed by atoms with Crippen LogP contribution in [-0.4, -0.2) is 7.11 Å². The van der Waals surface area contributed by atoms with Crippen LogP contribution >= 0.6 is 15.9 Å². The van der Waals surface area contributed by atoms with Gasteiger partial charge in [0.2, 0.25) is 0 Å². The molecule has 0 heterocycles. The topological polar surface area (TPSA) is 18.5 Å². The minimum Gasteiger partial charge on any atom is -0.497 e. The van der Waals surface area contributed by atoms with E-state index in [0.29, 0.717) is 5.75 Å². The van der Waals surface area contributed by atoms with E-state index in [1.807, 2.05) is 0 Å². The van der Waals surface area contributed by atoms with Crippen molar-refractivity contribution in [2.45, 2.75) is 6.11 Å². The Morgan fingerprint density at radius 3 is 2.32 bits per heavy atom. The van der Waals surface area contributed by atoms with E-state index < -0.39 is 6.11 Å². The van der Waals surface area contributed by atoms with Crippen LogP contribution in [-0.2, 0) is 6.11 Å². The van der Waals surface area contributed by atoms with E-state index in [-0.39, 0.29) is 15.8 Å². The highest BCUT2D eigenvalue weighted by atomic mass is 79.9. The van der Waals surface area contributed by atoms with Gasteiger partial charge in [0.1, 0.15) is 11.5 Å². The molecule has 100 valence electrons. The van der Waals surface area contributed by atoms with Gasteiger partial charge in [0.25, 0.3) is 0 Å². The third kappa shape index (κ3) is 3.23. The number of methoxy groups -OCH3 is 1. The smallest absolute Gasteiger partial charge is 0.427 e. The number of alkyl halides is 2. The van der Waals surface area contributed by atoms with Crippen LogP contribution in [0.4, 0.5) is 8.78 Å². The van der Waals surface area contributed by atoms with Gasteiger partial charge in [-0.2, -0.15) is 8.78 Å². The van der Waals surface area contributed by atoms with Gasteiger partial charge in [0, 0.05) is 4.47 Å². The molecule has 2 aromatic rings. The first-order chi connectivity index (χ1) is 9.03. The SMILES string of the molecule is COc1ccc(Br)c(C(F)(F)Oc2ccccc2)c1. The van der Waals surface area contributed by atoms with Gasteiger partial charge in [0.15, 0.2) is 0 Å². The molecule has 0 fully saturated rings. The van der Waals surface area contributed by atoms with Crippen molar-refractivity contribution in [3.8, 4) is 11.5 Å². The molecule has 0 aliphatic rings. The van der Waals surface area contributed by atoms with E-state index in [1.54, 1.807) is 24.3 Å². The molecule has 5 heteroatoms. The van der Waals surface area contributed by atoms with E-state index in [0.717, 1.165) is 0 Å². The molecule has 0 spiro atoms. The van der Waals surface area contributed by atoms with Gasteiger partial charge in [-0.15, -0.1) is 0 Å². The minimum absolute atomic E-state index is 0.0993. The van der Waals surface area contributed by atoms with Gasteiger partial charge in [0.05, 0.1) is 12.7 Å². The van der Waals surface area contributed by atoms with E-state index in [4.69, 9.17) is 9.47 Å². The standard InChI is InChI=1S/C14H11BrF2O2/c1-18-11-7-8-13(15)12(9-11)14(16,17)19-10-5-3-2-4-6-10/h2-9H,1H3. The van der Waals surface area contributed by atoms with E-state index >= 15 is 0 Å². The highest BCUT2D eigenvalue weighted by Crippen LogP contribution is 2.37. The molecule has 0 saturated carbocycles. The molecule has 0 saturated heterocycles. The van der Waals surface area contributed by atoms with E-state index in [9.17, 15) is 8.78 Å². The zero-order valence-electron chi connectivity index (χ0n) is 10.1. The molecular formula is C14H11BrF2O2. The summed E-state index contributed by atoms with van der Waals surface area (Å²) in [5, 5.41) is 0. The molecule has 0 aliphatic heterocycles. The van der Waals surface area contributed by atoms with Crippen LogP contribution in [0.5, 0.6) is 11.5 Å². The molecule has 0 aromatic heterocycles. The summed E-state index contributed by atoms with van der Waals surface area (Å²) >= 11 is 3.09. The molecule has 0 atom stereocenters. The Hall–Kier alpha value is -1.62. The van der Waals surface area contributed by atoms with Crippen molar-refractivity contribution >= 4 is 15.9 Å². The quantitative estimate of drug-likeness (QED) is 0.817. The molecule has 0 unspecified atom stereocenters. The Kier molecular flexibility index (Phi) is 4.04. The fourth-order valence-electron chi connectivity index (χ4n) is 1.55. The van der Waals surface area contributed by atoms with Crippen LogP contribution in [0.3, 0.4) is 0 Å². The molecule has 19 heavy (non-hydrogen) atoms. The lowest BCUT2D eigenvalue weighted by atomic mass is 10.2. The Labute approximate surface area is 118 Å². The number of para-hydroxylation sites is 1. The first-order valence-electron chi connectivity index (χ1n) is 5.49. The maximum atomic E-state index is 14.1. The third-order valence-corrected chi connectivity index (χ3v) is 3.17. The van der Waals surface area contributed by atoms with Crippen molar-refractivity contribution in [1.82, 2.24) is 0 Å². The highest BCUT2D eigenvalue weighted by Gasteiger charge is 2.37. The van der Waals surface area contributed by atoms with Gasteiger partial charge in [-0.1, -0.05) is 34.1 Å². The number of ether oxygens (including phenoxy) is 2. The number of benzene rings is 2. The van der Waals surface area contributed by atoms with Crippen molar-refractivity contribution in [1.29, 1.82) is 0 Å². The predicted molar refractivity (Wildman–Crippen MR) is 71.7 cm³/mol. The van der Waals surface area contributed by atoms with Crippen LogP contribution < -0.4 is 9.47 Å². The molecule has 2 rings (SSSR count). The van der Waals surface area contributed by atoms with Gasteiger partial charge in [-0.3, -0.25) is 0 Å². The van der Waals surface area contributed by atoms with E-state index in [2.05, 4.69) is 15.9 Å². The highest BCUT2D eigenvalue weighted by molar-refractivity contribution is 9.10. The van der Waals surface area contributed by atoms with Crippen LogP contribution in [0.25, 0.3) is 0 Å². The maximum absolute atomic E-state index is 14.1. The third-order valence-electron chi connectivity index (χ3n) is 2.48. The van der Waals surface area contributed by atoms with Crippen LogP contribution in [0.1, 0.15) is 5.56 Å². The summed E-state index contributed by atoms with van der Waals surface area (Å²) in [5.74, 6) is 0.441. The van der Waals surface area contributed by atoms with E-state index in [1.165, 1.54) is 31.4 Å². The Balaban J connectivity index is 2.33. The Morgan fingerprint density at radius 2 is 1.68 bits per heavy atom. The molecule has 0 bridgehead atoms. The average molecular weight is 329 g/mol. The summed E-state index contributed by atoms with van der Waals surface area (Å²) < 4.78 is 38.2. The van der Waals surface area contributed by atoms with Crippen molar-refractivity contribution in [2.75, 3.05) is 7.11 Å².